The highest BCUT2D eigenvalue weighted by Crippen LogP contribution is 2.28. The van der Waals surface area contributed by atoms with E-state index in [4.69, 9.17) is 17.0 Å². The van der Waals surface area contributed by atoms with E-state index in [0.29, 0.717) is 5.92 Å². The zero-order valence-corrected chi connectivity index (χ0v) is 11.4. The van der Waals surface area contributed by atoms with Gasteiger partial charge in [-0.1, -0.05) is 13.8 Å². The Morgan fingerprint density at radius 3 is 2.94 bits per heavy atom. The molecule has 1 fully saturated rings. The van der Waals surface area contributed by atoms with Gasteiger partial charge in [-0.3, -0.25) is 5.10 Å². The lowest BCUT2D eigenvalue weighted by molar-refractivity contribution is 0.119. The first-order valence-electron chi connectivity index (χ1n) is 6.41. The van der Waals surface area contributed by atoms with Crippen LogP contribution < -0.4 is 0 Å². The molecule has 0 aromatic carbocycles. The molecular weight excluding hydrogens is 234 g/mol. The van der Waals surface area contributed by atoms with Crippen LogP contribution in [0.1, 0.15) is 44.9 Å². The highest BCUT2D eigenvalue weighted by Gasteiger charge is 2.20. The predicted octanol–water partition coefficient (Wildman–Crippen LogP) is 2.88. The third kappa shape index (κ3) is 3.64. The van der Waals surface area contributed by atoms with Crippen LogP contribution in [0, 0.1) is 10.7 Å². The monoisotopic (exact) mass is 255 g/mol. The summed E-state index contributed by atoms with van der Waals surface area (Å²) in [6, 6.07) is 0. The van der Waals surface area contributed by atoms with E-state index in [1.54, 1.807) is 0 Å². The van der Waals surface area contributed by atoms with Gasteiger partial charge in [0, 0.05) is 25.7 Å². The summed E-state index contributed by atoms with van der Waals surface area (Å²) in [4.78, 5) is 0. The molecule has 17 heavy (non-hydrogen) atoms. The van der Waals surface area contributed by atoms with Crippen LogP contribution in [-0.2, 0) is 11.3 Å². The average molecular weight is 255 g/mol. The fraction of sp³-hybridized carbons (Fsp3) is 0.833. The van der Waals surface area contributed by atoms with E-state index in [-0.39, 0.29) is 0 Å². The van der Waals surface area contributed by atoms with Gasteiger partial charge >= 0.3 is 0 Å². The van der Waals surface area contributed by atoms with Crippen LogP contribution in [0.25, 0.3) is 0 Å². The minimum absolute atomic E-state index is 0.398. The van der Waals surface area contributed by atoms with Gasteiger partial charge in [-0.2, -0.15) is 5.10 Å². The summed E-state index contributed by atoms with van der Waals surface area (Å²) in [5.41, 5.74) is 0. The third-order valence-electron chi connectivity index (χ3n) is 3.03. The summed E-state index contributed by atoms with van der Waals surface area (Å²) in [7, 11) is 0. The molecule has 0 atom stereocenters. The molecule has 1 aromatic heterocycles. The Labute approximate surface area is 107 Å². The highest BCUT2D eigenvalue weighted by molar-refractivity contribution is 7.71. The Kier molecular flexibility index (Phi) is 4.34. The van der Waals surface area contributed by atoms with Gasteiger partial charge in [0.25, 0.3) is 0 Å². The first kappa shape index (κ1) is 12.8. The van der Waals surface area contributed by atoms with Gasteiger partial charge in [0.2, 0.25) is 0 Å². The van der Waals surface area contributed by atoms with Gasteiger partial charge in [-0.05, 0) is 37.4 Å². The second-order valence-electron chi connectivity index (χ2n) is 5.07. The molecule has 0 aliphatic heterocycles. The molecule has 2 rings (SSSR count). The fourth-order valence-corrected chi connectivity index (χ4v) is 2.08. The molecule has 1 N–H and O–H groups in total. The maximum atomic E-state index is 5.62. The molecule has 4 nitrogen and oxygen atoms in total. The molecule has 1 aliphatic rings. The third-order valence-corrected chi connectivity index (χ3v) is 3.34. The topological polar surface area (TPSA) is 42.8 Å². The number of hydrogen-bond acceptors (Lipinski definition) is 3. The zero-order chi connectivity index (χ0) is 12.3. The Hall–Kier alpha value is -0.680. The van der Waals surface area contributed by atoms with Crippen molar-refractivity contribution >= 4 is 12.2 Å². The van der Waals surface area contributed by atoms with E-state index in [2.05, 4.69) is 28.6 Å². The van der Waals surface area contributed by atoms with Crippen LogP contribution in [0.2, 0.25) is 0 Å². The molecule has 1 heterocycles. The van der Waals surface area contributed by atoms with Crippen LogP contribution in [-0.4, -0.2) is 28.0 Å². The zero-order valence-electron chi connectivity index (χ0n) is 10.6. The van der Waals surface area contributed by atoms with E-state index in [1.807, 2.05) is 0 Å². The lowest BCUT2D eigenvalue weighted by atomic mass is 10.2. The number of aromatic amines is 1. The van der Waals surface area contributed by atoms with Gasteiger partial charge < -0.3 is 9.30 Å². The molecule has 0 spiro atoms. The van der Waals surface area contributed by atoms with E-state index < -0.39 is 0 Å². The minimum atomic E-state index is 0.398. The predicted molar refractivity (Wildman–Crippen MR) is 69.7 cm³/mol. The SMILES string of the molecule is CC(C)c1n[nH]c(=S)n1CCCOCC1CC1. The van der Waals surface area contributed by atoms with Crippen LogP contribution in [0.15, 0.2) is 0 Å². The summed E-state index contributed by atoms with van der Waals surface area (Å²) < 4.78 is 8.42. The standard InChI is InChI=1S/C12H21N3OS/c1-9(2)11-13-14-12(17)15(11)6-3-7-16-8-10-4-5-10/h9-10H,3-8H2,1-2H3,(H,14,17). The summed E-state index contributed by atoms with van der Waals surface area (Å²) in [5, 5.41) is 7.12. The van der Waals surface area contributed by atoms with Crippen molar-refractivity contribution in [2.24, 2.45) is 5.92 Å². The van der Waals surface area contributed by atoms with Gasteiger partial charge in [-0.15, -0.1) is 0 Å². The van der Waals surface area contributed by atoms with Crippen molar-refractivity contribution in [3.63, 3.8) is 0 Å². The van der Waals surface area contributed by atoms with Gasteiger partial charge in [-0.25, -0.2) is 0 Å². The second kappa shape index (κ2) is 5.78. The maximum absolute atomic E-state index is 5.62. The van der Waals surface area contributed by atoms with Crippen LogP contribution >= 0.6 is 12.2 Å². The van der Waals surface area contributed by atoms with E-state index in [0.717, 1.165) is 42.7 Å². The smallest absolute Gasteiger partial charge is 0.195 e. The summed E-state index contributed by atoms with van der Waals surface area (Å²) in [6.45, 7) is 6.92. The second-order valence-corrected chi connectivity index (χ2v) is 5.45. The van der Waals surface area contributed by atoms with E-state index in [1.165, 1.54) is 12.8 Å². The minimum Gasteiger partial charge on any atom is -0.381 e. The number of H-pyrrole nitrogens is 1. The number of rotatable bonds is 7. The molecule has 0 radical (unpaired) electrons. The molecular formula is C12H21N3OS. The largest absolute Gasteiger partial charge is 0.381 e. The van der Waals surface area contributed by atoms with E-state index >= 15 is 0 Å². The number of hydrogen-bond donors (Lipinski definition) is 1. The summed E-state index contributed by atoms with van der Waals surface area (Å²) in [6.07, 6.45) is 3.70. The maximum Gasteiger partial charge on any atom is 0.195 e. The Morgan fingerprint density at radius 2 is 2.29 bits per heavy atom. The molecule has 0 bridgehead atoms. The fourth-order valence-electron chi connectivity index (χ4n) is 1.85. The average Bonchev–Trinajstić information content (AvgIpc) is 3.03. The Morgan fingerprint density at radius 1 is 1.53 bits per heavy atom. The summed E-state index contributed by atoms with van der Waals surface area (Å²) >= 11 is 5.23. The highest BCUT2D eigenvalue weighted by atomic mass is 32.1. The van der Waals surface area contributed by atoms with Crippen molar-refractivity contribution in [2.75, 3.05) is 13.2 Å². The number of ether oxygens (including phenoxy) is 1. The van der Waals surface area contributed by atoms with Crippen molar-refractivity contribution in [3.8, 4) is 0 Å². The van der Waals surface area contributed by atoms with Gasteiger partial charge in [0.15, 0.2) is 4.77 Å². The molecule has 96 valence electrons. The van der Waals surface area contributed by atoms with Crippen LogP contribution in [0.3, 0.4) is 0 Å². The van der Waals surface area contributed by atoms with Crippen molar-refractivity contribution < 1.29 is 4.74 Å². The quantitative estimate of drug-likeness (QED) is 0.602. The van der Waals surface area contributed by atoms with E-state index in [9.17, 15) is 0 Å². The molecule has 1 aliphatic carbocycles. The lowest BCUT2D eigenvalue weighted by Crippen LogP contribution is -2.08. The first-order chi connectivity index (χ1) is 8.18. The van der Waals surface area contributed by atoms with Crippen molar-refractivity contribution in [2.45, 2.75) is 45.6 Å². The Balaban J connectivity index is 1.76. The molecule has 0 unspecified atom stereocenters. The lowest BCUT2D eigenvalue weighted by Gasteiger charge is -2.09. The molecule has 0 saturated heterocycles. The Bertz CT molecular complexity index is 406. The van der Waals surface area contributed by atoms with Crippen LogP contribution in [0.5, 0.6) is 0 Å². The molecule has 1 saturated carbocycles. The van der Waals surface area contributed by atoms with Crippen molar-refractivity contribution in [1.29, 1.82) is 0 Å². The number of aromatic nitrogens is 3. The number of nitrogens with zero attached hydrogens (tertiary/aromatic N) is 2. The van der Waals surface area contributed by atoms with Crippen molar-refractivity contribution in [1.82, 2.24) is 14.8 Å². The van der Waals surface area contributed by atoms with Crippen molar-refractivity contribution in [3.05, 3.63) is 10.6 Å². The number of nitrogens with one attached hydrogen (secondary N) is 1. The molecule has 1 aromatic rings. The van der Waals surface area contributed by atoms with Crippen LogP contribution in [0.4, 0.5) is 0 Å². The molecule has 5 heteroatoms. The van der Waals surface area contributed by atoms with Gasteiger partial charge in [0.05, 0.1) is 0 Å². The summed E-state index contributed by atoms with van der Waals surface area (Å²) in [5.74, 6) is 2.28. The first-order valence-corrected chi connectivity index (χ1v) is 6.82. The van der Waals surface area contributed by atoms with Gasteiger partial charge in [0.1, 0.15) is 5.82 Å². The molecule has 0 amide bonds. The normalized spacial score (nSPS) is 15.7.